The van der Waals surface area contributed by atoms with Crippen LogP contribution in [0.15, 0.2) is 27.8 Å². The second kappa shape index (κ2) is 10.2. The fraction of sp³-hybridized carbons (Fsp3) is 0.619. The van der Waals surface area contributed by atoms with Gasteiger partial charge in [0.25, 0.3) is 0 Å². The highest BCUT2D eigenvalue weighted by molar-refractivity contribution is 5.80. The zero-order valence-electron chi connectivity index (χ0n) is 18.0. The number of anilines is 1. The van der Waals surface area contributed by atoms with E-state index in [4.69, 9.17) is 4.52 Å². The topological polar surface area (TPSA) is 91.5 Å². The Bertz CT molecular complexity index is 777. The Kier molecular flexibility index (Phi) is 7.43. The van der Waals surface area contributed by atoms with E-state index in [9.17, 15) is 0 Å². The fourth-order valence-corrected chi connectivity index (χ4v) is 3.28. The van der Waals surface area contributed by atoms with Crippen LogP contribution >= 0.6 is 0 Å². The molecule has 0 amide bonds. The van der Waals surface area contributed by atoms with Crippen LogP contribution < -0.4 is 15.5 Å². The fourth-order valence-electron chi connectivity index (χ4n) is 3.28. The average Bonchev–Trinajstić information content (AvgIpc) is 3.19. The minimum absolute atomic E-state index is 0.274. The van der Waals surface area contributed by atoms with Gasteiger partial charge in [0.15, 0.2) is 11.8 Å². The molecule has 8 nitrogen and oxygen atoms in total. The van der Waals surface area contributed by atoms with Crippen molar-refractivity contribution in [2.75, 3.05) is 31.1 Å². The summed E-state index contributed by atoms with van der Waals surface area (Å²) >= 11 is 0. The number of piperidine rings is 1. The number of nitrogens with zero attached hydrogens (tertiary/aromatic N) is 5. The van der Waals surface area contributed by atoms with E-state index >= 15 is 0 Å². The summed E-state index contributed by atoms with van der Waals surface area (Å²) in [6.07, 6.45) is 4.69. The van der Waals surface area contributed by atoms with Crippen molar-refractivity contribution in [2.45, 2.75) is 58.9 Å². The van der Waals surface area contributed by atoms with Gasteiger partial charge in [-0.25, -0.2) is 4.98 Å². The summed E-state index contributed by atoms with van der Waals surface area (Å²) in [5.41, 5.74) is 1.19. The van der Waals surface area contributed by atoms with Gasteiger partial charge in [-0.3, -0.25) is 4.99 Å². The van der Waals surface area contributed by atoms with E-state index in [1.165, 1.54) is 5.56 Å². The molecule has 1 aliphatic rings. The summed E-state index contributed by atoms with van der Waals surface area (Å²) < 4.78 is 5.30. The van der Waals surface area contributed by atoms with Crippen LogP contribution in [0.1, 0.15) is 56.8 Å². The minimum atomic E-state index is 0.274. The summed E-state index contributed by atoms with van der Waals surface area (Å²) in [5, 5.41) is 10.9. The number of aryl methyl sites for hydroxylation is 1. The quantitative estimate of drug-likeness (QED) is 0.546. The lowest BCUT2D eigenvalue weighted by Crippen LogP contribution is -2.49. The molecule has 0 spiro atoms. The Labute approximate surface area is 173 Å². The Morgan fingerprint density at radius 1 is 1.31 bits per heavy atom. The number of aliphatic imine (C=N–C) groups is 1. The second-order valence-electron chi connectivity index (χ2n) is 7.81. The predicted octanol–water partition coefficient (Wildman–Crippen LogP) is 2.66. The number of guanidine groups is 1. The molecule has 1 saturated heterocycles. The molecule has 2 aromatic rings. The Morgan fingerprint density at radius 2 is 2.10 bits per heavy atom. The first kappa shape index (κ1) is 21.1. The molecule has 29 heavy (non-hydrogen) atoms. The Morgan fingerprint density at radius 3 is 2.72 bits per heavy atom. The molecule has 3 rings (SSSR count). The van der Waals surface area contributed by atoms with Crippen LogP contribution in [0.5, 0.6) is 0 Å². The molecular weight excluding hydrogens is 366 g/mol. The van der Waals surface area contributed by atoms with Gasteiger partial charge in [0.05, 0.1) is 6.54 Å². The van der Waals surface area contributed by atoms with E-state index in [1.54, 1.807) is 0 Å². The molecule has 0 atom stereocenters. The molecule has 8 heteroatoms. The zero-order chi connectivity index (χ0) is 20.6. The predicted molar refractivity (Wildman–Crippen MR) is 115 cm³/mol. The first-order valence-electron chi connectivity index (χ1n) is 10.6. The average molecular weight is 400 g/mol. The summed E-state index contributed by atoms with van der Waals surface area (Å²) in [7, 11) is 0. The number of hydrogen-bond donors (Lipinski definition) is 2. The molecule has 0 unspecified atom stereocenters. The smallest absolute Gasteiger partial charge is 0.228 e. The van der Waals surface area contributed by atoms with E-state index in [1.807, 2.05) is 6.20 Å². The monoisotopic (exact) mass is 399 g/mol. The molecule has 0 aliphatic carbocycles. The lowest BCUT2D eigenvalue weighted by Gasteiger charge is -2.33. The van der Waals surface area contributed by atoms with Gasteiger partial charge in [0, 0.05) is 44.2 Å². The van der Waals surface area contributed by atoms with Crippen LogP contribution in [-0.2, 0) is 6.42 Å². The number of nitrogens with one attached hydrogen (secondary N) is 2. The number of aromatic nitrogens is 3. The van der Waals surface area contributed by atoms with Gasteiger partial charge in [0.2, 0.25) is 5.89 Å². The van der Waals surface area contributed by atoms with Gasteiger partial charge < -0.3 is 20.1 Å². The van der Waals surface area contributed by atoms with Crippen LogP contribution in [0.25, 0.3) is 0 Å². The standard InChI is InChI=1S/C21H33N7O/c1-5-22-21(23-11-8-19-26-20(15(2)3)27-29-19)25-17-9-12-28(13-10-17)18-7-6-16(4)14-24-18/h6-7,14-15,17H,5,8-13H2,1-4H3,(H2,22,23,25). The third-order valence-corrected chi connectivity index (χ3v) is 5.00. The largest absolute Gasteiger partial charge is 0.357 e. The van der Waals surface area contributed by atoms with Crippen LogP contribution in [0.2, 0.25) is 0 Å². The Balaban J connectivity index is 1.48. The third kappa shape index (κ3) is 6.17. The van der Waals surface area contributed by atoms with E-state index in [0.717, 1.165) is 50.1 Å². The van der Waals surface area contributed by atoms with Gasteiger partial charge in [0.1, 0.15) is 5.82 Å². The highest BCUT2D eigenvalue weighted by Gasteiger charge is 2.21. The number of pyridine rings is 1. The Hall–Kier alpha value is -2.64. The molecular formula is C21H33N7O. The number of rotatable bonds is 7. The lowest BCUT2D eigenvalue weighted by atomic mass is 10.1. The van der Waals surface area contributed by atoms with Crippen LogP contribution in [0.3, 0.4) is 0 Å². The van der Waals surface area contributed by atoms with Crippen LogP contribution in [-0.4, -0.2) is 53.3 Å². The highest BCUT2D eigenvalue weighted by atomic mass is 16.5. The van der Waals surface area contributed by atoms with Crippen molar-refractivity contribution in [3.05, 3.63) is 35.6 Å². The molecule has 0 radical (unpaired) electrons. The maximum atomic E-state index is 5.30. The van der Waals surface area contributed by atoms with E-state index < -0.39 is 0 Å². The molecule has 158 valence electrons. The van der Waals surface area contributed by atoms with Crippen molar-refractivity contribution in [1.29, 1.82) is 0 Å². The molecule has 1 fully saturated rings. The van der Waals surface area contributed by atoms with Crippen molar-refractivity contribution in [1.82, 2.24) is 25.8 Å². The van der Waals surface area contributed by atoms with Gasteiger partial charge >= 0.3 is 0 Å². The van der Waals surface area contributed by atoms with Crippen molar-refractivity contribution < 1.29 is 4.52 Å². The molecule has 0 bridgehead atoms. The maximum absolute atomic E-state index is 5.30. The van der Waals surface area contributed by atoms with Crippen molar-refractivity contribution >= 4 is 11.8 Å². The van der Waals surface area contributed by atoms with Crippen molar-refractivity contribution in [2.24, 2.45) is 4.99 Å². The van der Waals surface area contributed by atoms with Gasteiger partial charge in [-0.2, -0.15) is 4.98 Å². The molecule has 3 heterocycles. The zero-order valence-corrected chi connectivity index (χ0v) is 18.0. The third-order valence-electron chi connectivity index (χ3n) is 5.00. The summed E-state index contributed by atoms with van der Waals surface area (Å²) in [6.45, 7) is 11.7. The molecule has 2 aromatic heterocycles. The maximum Gasteiger partial charge on any atom is 0.228 e. The van der Waals surface area contributed by atoms with Crippen molar-refractivity contribution in [3.63, 3.8) is 0 Å². The number of hydrogen-bond acceptors (Lipinski definition) is 6. The summed E-state index contributed by atoms with van der Waals surface area (Å²) in [4.78, 5) is 16.0. The van der Waals surface area contributed by atoms with E-state index in [0.29, 0.717) is 24.9 Å². The SMILES string of the molecule is CCNC(=NCCc1nc(C(C)C)no1)NC1CCN(c2ccc(C)cn2)CC1. The molecule has 0 aromatic carbocycles. The highest BCUT2D eigenvalue weighted by Crippen LogP contribution is 2.18. The van der Waals surface area contributed by atoms with Crippen LogP contribution in [0.4, 0.5) is 5.82 Å². The molecule has 0 saturated carbocycles. The first-order valence-corrected chi connectivity index (χ1v) is 10.6. The van der Waals surface area contributed by atoms with Crippen LogP contribution in [0, 0.1) is 6.92 Å². The first-order chi connectivity index (χ1) is 14.0. The molecule has 2 N–H and O–H groups in total. The van der Waals surface area contributed by atoms with Gasteiger partial charge in [-0.15, -0.1) is 0 Å². The normalized spacial score (nSPS) is 15.8. The second-order valence-corrected chi connectivity index (χ2v) is 7.81. The minimum Gasteiger partial charge on any atom is -0.357 e. The molecule has 1 aliphatic heterocycles. The lowest BCUT2D eigenvalue weighted by molar-refractivity contribution is 0.372. The summed E-state index contributed by atoms with van der Waals surface area (Å²) in [6, 6.07) is 4.64. The van der Waals surface area contributed by atoms with Crippen molar-refractivity contribution in [3.8, 4) is 0 Å². The summed E-state index contributed by atoms with van der Waals surface area (Å²) in [5.74, 6) is 3.59. The van der Waals surface area contributed by atoms with Gasteiger partial charge in [-0.1, -0.05) is 25.1 Å². The van der Waals surface area contributed by atoms with E-state index in [-0.39, 0.29) is 5.92 Å². The van der Waals surface area contributed by atoms with Gasteiger partial charge in [-0.05, 0) is 38.3 Å². The van der Waals surface area contributed by atoms with E-state index in [2.05, 4.69) is 75.5 Å².